The number of benzene rings is 2. The van der Waals surface area contributed by atoms with E-state index in [0.29, 0.717) is 5.75 Å². The van der Waals surface area contributed by atoms with Crippen molar-refractivity contribution in [3.05, 3.63) is 40.0 Å². The van der Waals surface area contributed by atoms with Crippen LogP contribution in [-0.4, -0.2) is 11.8 Å². The minimum Gasteiger partial charge on any atom is -0.428 e. The zero-order chi connectivity index (χ0) is 14.0. The van der Waals surface area contributed by atoms with Gasteiger partial charge in [-0.25, -0.2) is 4.79 Å². The molecule has 2 aromatic rings. The predicted octanol–water partition coefficient (Wildman–Crippen LogP) is 4.76. The van der Waals surface area contributed by atoms with Crippen LogP contribution in [0.2, 0.25) is 0 Å². The van der Waals surface area contributed by atoms with Gasteiger partial charge in [0.15, 0.2) is 0 Å². The van der Waals surface area contributed by atoms with Crippen molar-refractivity contribution in [2.75, 3.05) is 0 Å². The smallest absolute Gasteiger partial charge is 0.428 e. The molecule has 0 bridgehead atoms. The van der Waals surface area contributed by atoms with Crippen LogP contribution < -0.4 is 4.74 Å². The molecule has 19 heavy (non-hydrogen) atoms. The molecule has 0 aliphatic rings. The normalized spacial score (nSPS) is 11.4. The summed E-state index contributed by atoms with van der Waals surface area (Å²) in [7, 11) is 0. The van der Waals surface area contributed by atoms with Gasteiger partial charge in [0.2, 0.25) is 0 Å². The standard InChI is InChI=1S/C15H15IO3/c1-15(2,3)19-14(17)18-12-9-8-10-6-4-5-7-11(10)13(12)16/h4-9H,1-3H3. The number of halogens is 1. The summed E-state index contributed by atoms with van der Waals surface area (Å²) < 4.78 is 11.3. The zero-order valence-electron chi connectivity index (χ0n) is 11.1. The number of hydrogen-bond acceptors (Lipinski definition) is 3. The lowest BCUT2D eigenvalue weighted by atomic mass is 10.1. The first-order valence-electron chi connectivity index (χ1n) is 5.95. The Hall–Kier alpha value is -1.30. The first-order valence-corrected chi connectivity index (χ1v) is 7.03. The Labute approximate surface area is 126 Å². The van der Waals surface area contributed by atoms with Crippen molar-refractivity contribution in [3.63, 3.8) is 0 Å². The molecule has 0 unspecified atom stereocenters. The van der Waals surface area contributed by atoms with Crippen LogP contribution in [0.5, 0.6) is 5.75 Å². The summed E-state index contributed by atoms with van der Waals surface area (Å²) in [5.74, 6) is 0.522. The Morgan fingerprint density at radius 2 is 1.79 bits per heavy atom. The molecule has 4 heteroatoms. The van der Waals surface area contributed by atoms with E-state index in [0.717, 1.165) is 14.3 Å². The van der Waals surface area contributed by atoms with E-state index in [-0.39, 0.29) is 0 Å². The topological polar surface area (TPSA) is 35.5 Å². The van der Waals surface area contributed by atoms with Crippen LogP contribution in [0.4, 0.5) is 4.79 Å². The Balaban J connectivity index is 2.26. The lowest BCUT2D eigenvalue weighted by Gasteiger charge is -2.19. The molecule has 0 saturated carbocycles. The monoisotopic (exact) mass is 370 g/mol. The van der Waals surface area contributed by atoms with Gasteiger partial charge in [0.25, 0.3) is 0 Å². The highest BCUT2D eigenvalue weighted by molar-refractivity contribution is 14.1. The van der Waals surface area contributed by atoms with Crippen molar-refractivity contribution in [2.24, 2.45) is 0 Å². The average molecular weight is 370 g/mol. The minimum atomic E-state index is -0.680. The number of hydrogen-bond donors (Lipinski definition) is 0. The number of ether oxygens (including phenoxy) is 2. The molecule has 0 fully saturated rings. The Morgan fingerprint density at radius 3 is 2.47 bits per heavy atom. The lowest BCUT2D eigenvalue weighted by Crippen LogP contribution is -2.26. The van der Waals surface area contributed by atoms with E-state index in [2.05, 4.69) is 22.6 Å². The molecule has 100 valence electrons. The molecular formula is C15H15IO3. The van der Waals surface area contributed by atoms with Crippen LogP contribution in [0, 0.1) is 3.57 Å². The maximum Gasteiger partial charge on any atom is 0.514 e. The maximum atomic E-state index is 11.7. The fourth-order valence-corrected chi connectivity index (χ4v) is 2.43. The number of carbonyl (C=O) groups excluding carboxylic acids is 1. The van der Waals surface area contributed by atoms with Crippen LogP contribution in [0.15, 0.2) is 36.4 Å². The van der Waals surface area contributed by atoms with E-state index in [1.54, 1.807) is 26.8 Å². The second kappa shape index (κ2) is 5.36. The van der Waals surface area contributed by atoms with E-state index < -0.39 is 11.8 Å². The third-order valence-corrected chi connectivity index (χ3v) is 3.52. The summed E-state index contributed by atoms with van der Waals surface area (Å²) in [6, 6.07) is 11.7. The fourth-order valence-electron chi connectivity index (χ4n) is 1.65. The van der Waals surface area contributed by atoms with Gasteiger partial charge in [-0.15, -0.1) is 0 Å². The van der Waals surface area contributed by atoms with E-state index in [1.807, 2.05) is 30.3 Å². The zero-order valence-corrected chi connectivity index (χ0v) is 13.2. The van der Waals surface area contributed by atoms with Crippen LogP contribution in [-0.2, 0) is 4.74 Å². The molecule has 2 aromatic carbocycles. The first-order chi connectivity index (χ1) is 8.87. The van der Waals surface area contributed by atoms with Crippen molar-refractivity contribution in [3.8, 4) is 5.75 Å². The van der Waals surface area contributed by atoms with Gasteiger partial charge in [-0.1, -0.05) is 30.3 Å². The van der Waals surface area contributed by atoms with Crippen LogP contribution in [0.3, 0.4) is 0 Å². The predicted molar refractivity (Wildman–Crippen MR) is 83.5 cm³/mol. The molecule has 0 N–H and O–H groups in total. The molecule has 0 amide bonds. The summed E-state index contributed by atoms with van der Waals surface area (Å²) >= 11 is 2.18. The Bertz CT molecular complexity index is 614. The van der Waals surface area contributed by atoms with Gasteiger partial charge < -0.3 is 9.47 Å². The van der Waals surface area contributed by atoms with Crippen LogP contribution in [0.25, 0.3) is 10.8 Å². The highest BCUT2D eigenvalue weighted by atomic mass is 127. The lowest BCUT2D eigenvalue weighted by molar-refractivity contribution is 0.0205. The summed E-state index contributed by atoms with van der Waals surface area (Å²) in [4.78, 5) is 11.7. The van der Waals surface area contributed by atoms with E-state index >= 15 is 0 Å². The fraction of sp³-hybridized carbons (Fsp3) is 0.267. The van der Waals surface area contributed by atoms with E-state index in [1.165, 1.54) is 0 Å². The van der Waals surface area contributed by atoms with Gasteiger partial charge in [-0.2, -0.15) is 0 Å². The Kier molecular flexibility index (Phi) is 3.99. The first kappa shape index (κ1) is 14.1. The van der Waals surface area contributed by atoms with Crippen molar-refractivity contribution < 1.29 is 14.3 Å². The van der Waals surface area contributed by atoms with Crippen LogP contribution in [0.1, 0.15) is 20.8 Å². The second-order valence-electron chi connectivity index (χ2n) is 5.17. The van der Waals surface area contributed by atoms with Crippen molar-refractivity contribution >= 4 is 39.5 Å². The van der Waals surface area contributed by atoms with E-state index in [4.69, 9.17) is 9.47 Å². The maximum absolute atomic E-state index is 11.7. The van der Waals surface area contributed by atoms with Crippen LogP contribution >= 0.6 is 22.6 Å². The summed E-state index contributed by atoms with van der Waals surface area (Å²) in [6.07, 6.45) is -0.680. The third kappa shape index (κ3) is 3.59. The minimum absolute atomic E-state index is 0.522. The number of rotatable bonds is 1. The molecule has 0 heterocycles. The molecule has 3 nitrogen and oxygen atoms in total. The molecule has 2 rings (SSSR count). The van der Waals surface area contributed by atoms with Gasteiger partial charge in [0.1, 0.15) is 11.4 Å². The molecular weight excluding hydrogens is 355 g/mol. The van der Waals surface area contributed by atoms with Crippen molar-refractivity contribution in [1.29, 1.82) is 0 Å². The molecule has 0 atom stereocenters. The molecule has 0 aliphatic heterocycles. The van der Waals surface area contributed by atoms with Gasteiger partial charge >= 0.3 is 6.16 Å². The van der Waals surface area contributed by atoms with Gasteiger partial charge in [-0.05, 0) is 60.2 Å². The number of carbonyl (C=O) groups is 1. The van der Waals surface area contributed by atoms with Gasteiger partial charge in [-0.3, -0.25) is 0 Å². The molecule has 0 radical (unpaired) electrons. The molecule has 0 aliphatic carbocycles. The SMILES string of the molecule is CC(C)(C)OC(=O)Oc1ccc2ccccc2c1I. The highest BCUT2D eigenvalue weighted by Crippen LogP contribution is 2.29. The third-order valence-electron chi connectivity index (χ3n) is 2.41. The van der Waals surface area contributed by atoms with Crippen molar-refractivity contribution in [1.82, 2.24) is 0 Å². The van der Waals surface area contributed by atoms with E-state index in [9.17, 15) is 4.79 Å². The van der Waals surface area contributed by atoms with Gasteiger partial charge in [0.05, 0.1) is 3.57 Å². The highest BCUT2D eigenvalue weighted by Gasteiger charge is 2.19. The molecule has 0 aromatic heterocycles. The summed E-state index contributed by atoms with van der Waals surface area (Å²) in [6.45, 7) is 5.42. The van der Waals surface area contributed by atoms with Crippen molar-refractivity contribution in [2.45, 2.75) is 26.4 Å². The van der Waals surface area contributed by atoms with Gasteiger partial charge in [0, 0.05) is 0 Å². The quantitative estimate of drug-likeness (QED) is 0.413. The molecule has 0 spiro atoms. The average Bonchev–Trinajstić information content (AvgIpc) is 2.31. The number of fused-ring (bicyclic) bond motifs is 1. The molecule has 0 saturated heterocycles. The Morgan fingerprint density at radius 1 is 1.11 bits per heavy atom. The second-order valence-corrected chi connectivity index (χ2v) is 6.24. The summed E-state index contributed by atoms with van der Waals surface area (Å²) in [5, 5.41) is 2.17. The summed E-state index contributed by atoms with van der Waals surface area (Å²) in [5.41, 5.74) is -0.556. The largest absolute Gasteiger partial charge is 0.514 e.